The molecule has 0 bridgehead atoms. The maximum absolute atomic E-state index is 10.9. The van der Waals surface area contributed by atoms with E-state index < -0.39 is 5.60 Å². The summed E-state index contributed by atoms with van der Waals surface area (Å²) < 4.78 is 7.17. The molecule has 0 radical (unpaired) electrons. The number of rotatable bonds is 4. The molecular formula is C14H22N6O2. The molecule has 1 unspecified atom stereocenters. The second-order valence-electron chi connectivity index (χ2n) is 6.37. The highest BCUT2D eigenvalue weighted by molar-refractivity contribution is 5.28. The Morgan fingerprint density at radius 2 is 2.27 bits per heavy atom. The van der Waals surface area contributed by atoms with E-state index in [2.05, 4.69) is 20.3 Å². The van der Waals surface area contributed by atoms with Crippen LogP contribution in [0.2, 0.25) is 0 Å². The summed E-state index contributed by atoms with van der Waals surface area (Å²) in [6.07, 6.45) is 3.70. The van der Waals surface area contributed by atoms with Crippen molar-refractivity contribution in [1.82, 2.24) is 24.9 Å². The van der Waals surface area contributed by atoms with Gasteiger partial charge in [-0.3, -0.25) is 0 Å². The lowest BCUT2D eigenvalue weighted by Crippen LogP contribution is -2.50. The predicted octanol–water partition coefficient (Wildman–Crippen LogP) is 0.895. The molecule has 1 aliphatic heterocycles. The Balaban J connectivity index is 1.74. The summed E-state index contributed by atoms with van der Waals surface area (Å²) in [6.45, 7) is 5.31. The van der Waals surface area contributed by atoms with Gasteiger partial charge in [-0.2, -0.15) is 4.98 Å². The van der Waals surface area contributed by atoms with Crippen LogP contribution in [0.3, 0.4) is 0 Å². The molecule has 1 saturated heterocycles. The number of aromatic nitrogens is 5. The highest BCUT2D eigenvalue weighted by atomic mass is 16.5. The fraction of sp³-hybridized carbons (Fsp3) is 0.714. The second-order valence-corrected chi connectivity index (χ2v) is 6.37. The van der Waals surface area contributed by atoms with Gasteiger partial charge in [0.25, 0.3) is 0 Å². The Kier molecular flexibility index (Phi) is 3.86. The van der Waals surface area contributed by atoms with E-state index in [1.807, 2.05) is 30.4 Å². The van der Waals surface area contributed by atoms with Gasteiger partial charge in [0, 0.05) is 25.9 Å². The SMILES string of the molecule is CC(C)c1noc(N2CCCC(O)(Cc3nncn3C)C2)n1. The number of hydrogen-bond acceptors (Lipinski definition) is 7. The Morgan fingerprint density at radius 3 is 2.91 bits per heavy atom. The van der Waals surface area contributed by atoms with E-state index in [1.165, 1.54) is 0 Å². The smallest absolute Gasteiger partial charge is 0.324 e. The van der Waals surface area contributed by atoms with Gasteiger partial charge < -0.3 is 19.1 Å². The first-order valence-corrected chi connectivity index (χ1v) is 7.61. The number of piperidine rings is 1. The normalized spacial score (nSPS) is 22.5. The zero-order valence-electron chi connectivity index (χ0n) is 13.2. The van der Waals surface area contributed by atoms with E-state index in [4.69, 9.17) is 4.52 Å². The number of nitrogens with zero attached hydrogens (tertiary/aromatic N) is 6. The van der Waals surface area contributed by atoms with Gasteiger partial charge in [-0.25, -0.2) is 0 Å². The van der Waals surface area contributed by atoms with E-state index in [9.17, 15) is 5.11 Å². The molecule has 0 aliphatic carbocycles. The minimum atomic E-state index is -0.856. The van der Waals surface area contributed by atoms with Crippen LogP contribution >= 0.6 is 0 Å². The quantitative estimate of drug-likeness (QED) is 0.896. The number of β-amino-alcohol motifs (C(OH)–C–C–N with tert-alkyl or cyclic N) is 1. The van der Waals surface area contributed by atoms with Crippen LogP contribution in [-0.4, -0.2) is 48.7 Å². The van der Waals surface area contributed by atoms with Crippen molar-refractivity contribution in [3.8, 4) is 0 Å². The summed E-state index contributed by atoms with van der Waals surface area (Å²) >= 11 is 0. The van der Waals surface area contributed by atoms with E-state index in [0.717, 1.165) is 25.2 Å². The van der Waals surface area contributed by atoms with Gasteiger partial charge in [-0.15, -0.1) is 10.2 Å². The molecule has 3 rings (SSSR count). The average molecular weight is 306 g/mol. The first-order chi connectivity index (χ1) is 10.5. The fourth-order valence-corrected chi connectivity index (χ4v) is 2.77. The minimum Gasteiger partial charge on any atom is -0.388 e. The Labute approximate surface area is 129 Å². The van der Waals surface area contributed by atoms with E-state index >= 15 is 0 Å². The van der Waals surface area contributed by atoms with Gasteiger partial charge in [0.05, 0.1) is 12.1 Å². The predicted molar refractivity (Wildman–Crippen MR) is 79.5 cm³/mol. The van der Waals surface area contributed by atoms with E-state index in [1.54, 1.807) is 6.33 Å². The molecule has 0 amide bonds. The fourth-order valence-electron chi connectivity index (χ4n) is 2.77. The van der Waals surface area contributed by atoms with Gasteiger partial charge in [-0.1, -0.05) is 19.0 Å². The molecular weight excluding hydrogens is 284 g/mol. The molecule has 1 atom stereocenters. The van der Waals surface area contributed by atoms with Gasteiger partial charge in [0.1, 0.15) is 12.2 Å². The standard InChI is InChI=1S/C14H22N6O2/c1-10(2)12-16-13(22-18-12)20-6-4-5-14(21,8-20)7-11-17-15-9-19(11)3/h9-10,21H,4-8H2,1-3H3. The third kappa shape index (κ3) is 2.96. The van der Waals surface area contributed by atoms with Crippen molar-refractivity contribution in [2.24, 2.45) is 7.05 Å². The summed E-state index contributed by atoms with van der Waals surface area (Å²) in [6, 6.07) is 0.486. The number of hydrogen-bond donors (Lipinski definition) is 1. The molecule has 22 heavy (non-hydrogen) atoms. The molecule has 1 aliphatic rings. The van der Waals surface area contributed by atoms with Crippen molar-refractivity contribution >= 4 is 6.01 Å². The van der Waals surface area contributed by atoms with Gasteiger partial charge >= 0.3 is 6.01 Å². The largest absolute Gasteiger partial charge is 0.388 e. The van der Waals surface area contributed by atoms with Crippen molar-refractivity contribution in [2.45, 2.75) is 44.6 Å². The maximum Gasteiger partial charge on any atom is 0.324 e. The molecule has 8 nitrogen and oxygen atoms in total. The van der Waals surface area contributed by atoms with Crippen LogP contribution in [0.25, 0.3) is 0 Å². The number of aryl methyl sites for hydroxylation is 1. The van der Waals surface area contributed by atoms with E-state index in [0.29, 0.717) is 24.8 Å². The van der Waals surface area contributed by atoms with Crippen molar-refractivity contribution in [3.63, 3.8) is 0 Å². The third-order valence-electron chi connectivity index (χ3n) is 4.07. The highest BCUT2D eigenvalue weighted by Crippen LogP contribution is 2.28. The summed E-state index contributed by atoms with van der Waals surface area (Å²) in [7, 11) is 1.88. The van der Waals surface area contributed by atoms with Crippen LogP contribution in [0, 0.1) is 0 Å². The first-order valence-electron chi connectivity index (χ1n) is 7.61. The molecule has 0 spiro atoms. The lowest BCUT2D eigenvalue weighted by Gasteiger charge is -2.37. The number of aliphatic hydroxyl groups is 1. The van der Waals surface area contributed by atoms with Crippen LogP contribution in [-0.2, 0) is 13.5 Å². The monoisotopic (exact) mass is 306 g/mol. The minimum absolute atomic E-state index is 0.222. The molecule has 1 N–H and O–H groups in total. The van der Waals surface area contributed by atoms with Crippen LogP contribution in [0.4, 0.5) is 6.01 Å². The first kappa shape index (κ1) is 15.0. The van der Waals surface area contributed by atoms with Gasteiger partial charge in [0.2, 0.25) is 0 Å². The summed E-state index contributed by atoms with van der Waals surface area (Å²) in [4.78, 5) is 6.37. The molecule has 2 aromatic heterocycles. The Bertz CT molecular complexity index is 637. The van der Waals surface area contributed by atoms with Gasteiger partial charge in [0.15, 0.2) is 5.82 Å². The summed E-state index contributed by atoms with van der Waals surface area (Å²) in [5.74, 6) is 1.69. The Morgan fingerprint density at radius 1 is 1.45 bits per heavy atom. The molecule has 3 heterocycles. The van der Waals surface area contributed by atoms with Crippen molar-refractivity contribution < 1.29 is 9.63 Å². The van der Waals surface area contributed by atoms with Crippen LogP contribution < -0.4 is 4.90 Å². The molecule has 2 aromatic rings. The van der Waals surface area contributed by atoms with Crippen LogP contribution in [0.5, 0.6) is 0 Å². The highest BCUT2D eigenvalue weighted by Gasteiger charge is 2.36. The molecule has 120 valence electrons. The third-order valence-corrected chi connectivity index (χ3v) is 4.07. The zero-order valence-corrected chi connectivity index (χ0v) is 13.2. The summed E-state index contributed by atoms with van der Waals surface area (Å²) in [5.41, 5.74) is -0.856. The van der Waals surface area contributed by atoms with Crippen molar-refractivity contribution in [2.75, 3.05) is 18.0 Å². The summed E-state index contributed by atoms with van der Waals surface area (Å²) in [5, 5.41) is 22.8. The second kappa shape index (κ2) is 5.68. The van der Waals surface area contributed by atoms with Crippen molar-refractivity contribution in [3.05, 3.63) is 18.0 Å². The maximum atomic E-state index is 10.9. The van der Waals surface area contributed by atoms with E-state index in [-0.39, 0.29) is 5.92 Å². The van der Waals surface area contributed by atoms with Crippen LogP contribution in [0.1, 0.15) is 44.3 Å². The molecule has 8 heteroatoms. The molecule has 0 aromatic carbocycles. The average Bonchev–Trinajstić information content (AvgIpc) is 3.09. The Hall–Kier alpha value is -1.96. The van der Waals surface area contributed by atoms with Gasteiger partial charge in [-0.05, 0) is 12.8 Å². The lowest BCUT2D eigenvalue weighted by atomic mass is 9.89. The van der Waals surface area contributed by atoms with Crippen LogP contribution in [0.15, 0.2) is 10.9 Å². The molecule has 1 fully saturated rings. The topological polar surface area (TPSA) is 93.1 Å². The molecule has 0 saturated carbocycles. The number of anilines is 1. The van der Waals surface area contributed by atoms with Crippen molar-refractivity contribution in [1.29, 1.82) is 0 Å². The lowest BCUT2D eigenvalue weighted by molar-refractivity contribution is 0.0222. The zero-order chi connectivity index (χ0) is 15.7.